The molecule has 4 saturated carbocycles. The second-order valence-electron chi connectivity index (χ2n) is 23.1. The Morgan fingerprint density at radius 1 is 0.471 bits per heavy atom. The molecule has 472 valence electrons. The van der Waals surface area contributed by atoms with Gasteiger partial charge in [0.2, 0.25) is 0 Å². The third kappa shape index (κ3) is 25.9. The molecule has 0 heterocycles. The van der Waals surface area contributed by atoms with Crippen molar-refractivity contribution in [3.8, 4) is 11.5 Å². The van der Waals surface area contributed by atoms with Gasteiger partial charge in [0.1, 0.15) is 35.9 Å². The third-order valence-corrected chi connectivity index (χ3v) is 16.8. The molecule has 2 atom stereocenters. The van der Waals surface area contributed by atoms with Crippen LogP contribution < -0.4 is 9.47 Å². The molecule has 5 rings (SSSR count). The molecule has 0 bridgehead atoms. The molecule has 0 aromatic heterocycles. The molecule has 20 nitrogen and oxygen atoms in total. The van der Waals surface area contributed by atoms with Gasteiger partial charge < -0.3 is 47.4 Å². The fraction of sp³-hybridized carbons (Fsp3) is 0.692. The summed E-state index contributed by atoms with van der Waals surface area (Å²) in [6, 6.07) is 4.88. The lowest BCUT2D eigenvalue weighted by molar-refractivity contribution is -0.159. The molecule has 0 radical (unpaired) electrons. The van der Waals surface area contributed by atoms with E-state index in [9.17, 15) is 47.9 Å². The third-order valence-electron chi connectivity index (χ3n) is 16.8. The number of aryl methyl sites for hydroxylation is 1. The average Bonchev–Trinajstić information content (AvgIpc) is 3.72. The van der Waals surface area contributed by atoms with Crippen LogP contribution >= 0.6 is 0 Å². The van der Waals surface area contributed by atoms with E-state index in [1.807, 2.05) is 13.8 Å². The highest BCUT2D eigenvalue weighted by Crippen LogP contribution is 2.37. The molecular weight excluding hydrogens is 1100 g/mol. The Morgan fingerprint density at radius 3 is 1.31 bits per heavy atom. The second kappa shape index (κ2) is 37.7. The van der Waals surface area contributed by atoms with Gasteiger partial charge in [0, 0.05) is 12.2 Å². The lowest BCUT2D eigenvalue weighted by Crippen LogP contribution is -2.32. The van der Waals surface area contributed by atoms with Gasteiger partial charge in [-0.2, -0.15) is 0 Å². The largest absolute Gasteiger partial charge is 0.466 e. The maximum atomic E-state index is 13.3. The number of carbonyl (C=O) groups is 10. The Morgan fingerprint density at radius 2 is 0.871 bits per heavy atom. The topological polar surface area (TPSA) is 263 Å². The van der Waals surface area contributed by atoms with Crippen molar-refractivity contribution in [3.05, 3.63) is 49.1 Å². The molecule has 1 aromatic carbocycles. The predicted molar refractivity (Wildman–Crippen MR) is 308 cm³/mol. The first-order valence-corrected chi connectivity index (χ1v) is 31.2. The van der Waals surface area contributed by atoms with Crippen molar-refractivity contribution < 1.29 is 95.3 Å². The highest BCUT2D eigenvalue weighted by atomic mass is 16.6. The summed E-state index contributed by atoms with van der Waals surface area (Å²) in [6.45, 7) is 13.2. The lowest BCUT2D eigenvalue weighted by atomic mass is 9.81. The summed E-state index contributed by atoms with van der Waals surface area (Å²) in [4.78, 5) is 124. The first-order chi connectivity index (χ1) is 40.9. The predicted octanol–water partition coefficient (Wildman–Crippen LogP) is 10.7. The van der Waals surface area contributed by atoms with Crippen molar-refractivity contribution in [1.82, 2.24) is 0 Å². The molecule has 0 aliphatic heterocycles. The van der Waals surface area contributed by atoms with Crippen molar-refractivity contribution >= 4 is 59.7 Å². The van der Waals surface area contributed by atoms with E-state index in [4.69, 9.17) is 47.4 Å². The zero-order valence-corrected chi connectivity index (χ0v) is 50.4. The van der Waals surface area contributed by atoms with Gasteiger partial charge in [-0.25, -0.2) is 9.59 Å². The van der Waals surface area contributed by atoms with Crippen molar-refractivity contribution in [2.75, 3.05) is 26.4 Å². The summed E-state index contributed by atoms with van der Waals surface area (Å²) in [5.74, 6) is -4.08. The van der Waals surface area contributed by atoms with E-state index >= 15 is 0 Å². The monoisotopic (exact) mass is 1190 g/mol. The van der Waals surface area contributed by atoms with Gasteiger partial charge in [0.05, 0.1) is 75.8 Å². The molecule has 0 amide bonds. The number of ether oxygens (including phenoxy) is 10. The molecule has 85 heavy (non-hydrogen) atoms. The van der Waals surface area contributed by atoms with Gasteiger partial charge in [-0.15, -0.1) is 0 Å². The number of hydrogen-bond donors (Lipinski definition) is 0. The van der Waals surface area contributed by atoms with Gasteiger partial charge in [0.15, 0.2) is 0 Å². The minimum atomic E-state index is -0.501. The van der Waals surface area contributed by atoms with Gasteiger partial charge in [-0.05, 0) is 197 Å². The van der Waals surface area contributed by atoms with Crippen LogP contribution in [-0.4, -0.2) is 111 Å². The second-order valence-corrected chi connectivity index (χ2v) is 23.1. The minimum absolute atomic E-state index is 0.0718. The van der Waals surface area contributed by atoms with Crippen LogP contribution in [0.2, 0.25) is 0 Å². The van der Waals surface area contributed by atoms with Crippen LogP contribution in [0.3, 0.4) is 0 Å². The van der Waals surface area contributed by atoms with Crippen molar-refractivity contribution in [2.45, 2.75) is 225 Å². The Balaban J connectivity index is 0.867. The quantitative estimate of drug-likeness (QED) is 0.0204. The summed E-state index contributed by atoms with van der Waals surface area (Å²) >= 11 is 0. The van der Waals surface area contributed by atoms with E-state index < -0.39 is 35.8 Å². The van der Waals surface area contributed by atoms with E-state index in [0.29, 0.717) is 132 Å². The highest BCUT2D eigenvalue weighted by Gasteiger charge is 2.36. The molecule has 20 heteroatoms. The zero-order valence-electron chi connectivity index (χ0n) is 50.4. The van der Waals surface area contributed by atoms with Crippen LogP contribution in [0, 0.1) is 42.4 Å². The molecule has 4 aliphatic carbocycles. The van der Waals surface area contributed by atoms with Crippen molar-refractivity contribution in [2.24, 2.45) is 35.5 Å². The van der Waals surface area contributed by atoms with E-state index in [-0.39, 0.29) is 124 Å². The van der Waals surface area contributed by atoms with Crippen molar-refractivity contribution in [3.63, 3.8) is 0 Å². The summed E-state index contributed by atoms with van der Waals surface area (Å²) < 4.78 is 55.0. The van der Waals surface area contributed by atoms with Crippen LogP contribution in [0.25, 0.3) is 0 Å². The summed E-state index contributed by atoms with van der Waals surface area (Å²) in [5.41, 5.74) is 0.625. The highest BCUT2D eigenvalue weighted by molar-refractivity contribution is 5.82. The molecule has 4 aliphatic rings. The van der Waals surface area contributed by atoms with Gasteiger partial charge in [-0.1, -0.05) is 27.0 Å². The van der Waals surface area contributed by atoms with Crippen molar-refractivity contribution in [1.29, 1.82) is 0 Å². The number of carbonyl (C=O) groups excluding carboxylic acids is 10. The number of benzene rings is 1. The standard InChI is InChI=1S/C65H92O20/c1-6-50(80-57(67)9-4)12-11-39-77-58(68)32-33-59(69)78-40-36-44-14-26-53(27-15-44)83-63(73)47-22-24-49(25-23-47)65(75)85-55-31-30-54(42-43(55)5)84-64(74)48-20-18-46(19-21-48)62(72)82-52-28-16-45(17-29-52)37-41-79-60(70)34-35-61(71)81-51(7-2)13-10-38-76-56(66)8-3/h8-9,30-31,42,44-53H,3-4,6-7,10-29,32-41H2,1-2,5H3. The number of rotatable bonds is 34. The molecule has 4 fully saturated rings. The molecule has 0 N–H and O–H groups in total. The van der Waals surface area contributed by atoms with E-state index in [1.54, 1.807) is 25.1 Å². The van der Waals surface area contributed by atoms with Crippen LogP contribution in [0.15, 0.2) is 43.5 Å². The Bertz CT molecular complexity index is 2360. The van der Waals surface area contributed by atoms with Crippen LogP contribution in [-0.2, 0) is 85.8 Å². The summed E-state index contributed by atoms with van der Waals surface area (Å²) in [5, 5.41) is 0. The SMILES string of the molecule is C=CC(=O)OCCCC(CC)OC(=O)CCC(=O)OCCC1CCC(OC(=O)C2CCC(C(=O)Oc3ccc(OC(=O)C4CCC(C(=O)OC5CCC(CCOC(=O)CCC(=O)OCCCC(CC)OC(=O)C=C)CC5)CC4)c(C)c3)CC2)CC1. The molecule has 2 unspecified atom stereocenters. The minimum Gasteiger partial charge on any atom is -0.466 e. The molecule has 1 aromatic rings. The molecular formula is C65H92O20. The van der Waals surface area contributed by atoms with Gasteiger partial charge >= 0.3 is 59.7 Å². The molecule has 0 spiro atoms. The number of esters is 10. The van der Waals surface area contributed by atoms with E-state index in [1.165, 1.54) is 0 Å². The number of hydrogen-bond acceptors (Lipinski definition) is 20. The Labute approximate surface area is 500 Å². The summed E-state index contributed by atoms with van der Waals surface area (Å²) in [7, 11) is 0. The maximum Gasteiger partial charge on any atom is 0.330 e. The summed E-state index contributed by atoms with van der Waals surface area (Å²) in [6.07, 6.45) is 16.0. The fourth-order valence-electron chi connectivity index (χ4n) is 11.4. The normalized spacial score (nSPS) is 22.8. The van der Waals surface area contributed by atoms with E-state index in [2.05, 4.69) is 13.2 Å². The molecule has 0 saturated heterocycles. The van der Waals surface area contributed by atoms with Crippen LogP contribution in [0.5, 0.6) is 11.5 Å². The van der Waals surface area contributed by atoms with Gasteiger partial charge in [0.25, 0.3) is 0 Å². The van der Waals surface area contributed by atoms with Crippen LogP contribution in [0.4, 0.5) is 0 Å². The Kier molecular flexibility index (Phi) is 30.7. The first kappa shape index (κ1) is 69.2. The average molecular weight is 1190 g/mol. The zero-order chi connectivity index (χ0) is 61.5. The maximum absolute atomic E-state index is 13.3. The van der Waals surface area contributed by atoms with E-state index in [0.717, 1.165) is 63.5 Å². The van der Waals surface area contributed by atoms with Gasteiger partial charge in [-0.3, -0.25) is 38.4 Å². The Hall–Kier alpha value is -6.60. The smallest absolute Gasteiger partial charge is 0.330 e. The first-order valence-electron chi connectivity index (χ1n) is 31.2. The van der Waals surface area contributed by atoms with Crippen LogP contribution in [0.1, 0.15) is 199 Å². The fourth-order valence-corrected chi connectivity index (χ4v) is 11.4. The lowest BCUT2D eigenvalue weighted by Gasteiger charge is -2.31.